The monoisotopic (exact) mass is 411 g/mol. The van der Waals surface area contributed by atoms with Crippen LogP contribution in [0.4, 0.5) is 0 Å². The smallest absolute Gasteiger partial charge is 0.192 e. The lowest BCUT2D eigenvalue weighted by Gasteiger charge is -2.34. The predicted molar refractivity (Wildman–Crippen MR) is 116 cm³/mol. The third-order valence-corrected chi connectivity index (χ3v) is 5.63. The predicted octanol–water partition coefficient (Wildman–Crippen LogP) is 4.09. The zero-order valence-electron chi connectivity index (χ0n) is 18.3. The summed E-state index contributed by atoms with van der Waals surface area (Å²) in [6, 6.07) is 5.36. The Morgan fingerprint density at radius 3 is 2.40 bits per heavy atom. The molecule has 6 heteroatoms. The van der Waals surface area contributed by atoms with Crippen molar-refractivity contribution >= 4 is 11.6 Å². The highest BCUT2D eigenvalue weighted by Crippen LogP contribution is 2.40. The van der Waals surface area contributed by atoms with E-state index in [2.05, 4.69) is 13.8 Å². The number of ketones is 2. The highest BCUT2D eigenvalue weighted by molar-refractivity contribution is 5.99. The van der Waals surface area contributed by atoms with Crippen LogP contribution in [0.25, 0.3) is 11.3 Å². The van der Waals surface area contributed by atoms with Gasteiger partial charge in [-0.05, 0) is 43.9 Å². The number of carbonyl (C=O) groups excluding carboxylic acids is 2. The summed E-state index contributed by atoms with van der Waals surface area (Å²) in [4.78, 5) is 36.8. The molecule has 1 atom stereocenters. The summed E-state index contributed by atoms with van der Waals surface area (Å²) >= 11 is 0. The molecule has 1 aromatic carbocycles. The first-order valence-electron chi connectivity index (χ1n) is 10.3. The molecule has 2 heterocycles. The van der Waals surface area contributed by atoms with Crippen molar-refractivity contribution in [3.05, 3.63) is 51.3 Å². The van der Waals surface area contributed by atoms with Crippen molar-refractivity contribution in [1.29, 1.82) is 0 Å². The summed E-state index contributed by atoms with van der Waals surface area (Å²) < 4.78 is 13.0. The van der Waals surface area contributed by atoms with Crippen LogP contribution in [0.3, 0.4) is 0 Å². The minimum Gasteiger partial charge on any atom is -0.493 e. The maximum absolute atomic E-state index is 12.6. The molecule has 0 amide bonds. The summed E-state index contributed by atoms with van der Waals surface area (Å²) in [5.74, 6) is 0.515. The standard InChI is InChI=1S/C24H29NO5/c1-14(2)21-9-17-10-24(30-8-6-7-29-5)18(15(3)26)11-19(17)22-12-23(28)20(16(4)27)13-25(21)22/h10-14,21H,6-9H2,1-5H3/t21-/m1/s1. The van der Waals surface area contributed by atoms with Gasteiger partial charge in [0.1, 0.15) is 5.75 Å². The number of carbonyl (C=O) groups is 2. The molecule has 0 saturated carbocycles. The lowest BCUT2D eigenvalue weighted by atomic mass is 9.85. The van der Waals surface area contributed by atoms with Crippen LogP contribution < -0.4 is 10.2 Å². The largest absolute Gasteiger partial charge is 0.493 e. The van der Waals surface area contributed by atoms with Crippen LogP contribution in [0.1, 0.15) is 66.4 Å². The zero-order valence-corrected chi connectivity index (χ0v) is 18.3. The molecule has 0 fully saturated rings. The van der Waals surface area contributed by atoms with E-state index in [4.69, 9.17) is 9.47 Å². The Balaban J connectivity index is 2.15. The van der Waals surface area contributed by atoms with Gasteiger partial charge in [-0.25, -0.2) is 0 Å². The number of Topliss-reactive ketones (excluding diaryl/α,β-unsaturated/α-hetero) is 2. The number of hydrogen-bond acceptors (Lipinski definition) is 5. The van der Waals surface area contributed by atoms with Crippen molar-refractivity contribution in [3.63, 3.8) is 0 Å². The highest BCUT2D eigenvalue weighted by atomic mass is 16.5. The molecule has 160 valence electrons. The minimum atomic E-state index is -0.298. The van der Waals surface area contributed by atoms with E-state index in [9.17, 15) is 14.4 Å². The van der Waals surface area contributed by atoms with E-state index in [0.717, 1.165) is 29.7 Å². The molecule has 6 nitrogen and oxygen atoms in total. The van der Waals surface area contributed by atoms with Crippen molar-refractivity contribution in [2.24, 2.45) is 5.92 Å². The molecular weight excluding hydrogens is 382 g/mol. The van der Waals surface area contributed by atoms with Crippen LogP contribution in [-0.4, -0.2) is 36.5 Å². The van der Waals surface area contributed by atoms with Crippen molar-refractivity contribution < 1.29 is 19.1 Å². The van der Waals surface area contributed by atoms with E-state index in [-0.39, 0.29) is 34.5 Å². The minimum absolute atomic E-state index is 0.0933. The number of rotatable bonds is 8. The Hall–Kier alpha value is -2.73. The van der Waals surface area contributed by atoms with E-state index < -0.39 is 0 Å². The molecule has 1 aliphatic rings. The van der Waals surface area contributed by atoms with Gasteiger partial charge in [0.05, 0.1) is 23.4 Å². The fraction of sp³-hybridized carbons (Fsp3) is 0.458. The van der Waals surface area contributed by atoms with Crippen LogP contribution in [0.2, 0.25) is 0 Å². The van der Waals surface area contributed by atoms with E-state index in [1.54, 1.807) is 13.3 Å². The van der Waals surface area contributed by atoms with Crippen molar-refractivity contribution in [3.8, 4) is 17.0 Å². The number of hydrogen-bond donors (Lipinski definition) is 0. The molecule has 0 bridgehead atoms. The van der Waals surface area contributed by atoms with Crippen LogP contribution in [0, 0.1) is 5.92 Å². The number of aromatic nitrogens is 1. The first kappa shape index (κ1) is 22.0. The molecule has 0 aliphatic carbocycles. The fourth-order valence-corrected chi connectivity index (χ4v) is 3.99. The second-order valence-corrected chi connectivity index (χ2v) is 8.17. The van der Waals surface area contributed by atoms with Crippen LogP contribution >= 0.6 is 0 Å². The highest BCUT2D eigenvalue weighted by Gasteiger charge is 2.29. The third kappa shape index (κ3) is 4.24. The van der Waals surface area contributed by atoms with Gasteiger partial charge in [0, 0.05) is 44.0 Å². The summed E-state index contributed by atoms with van der Waals surface area (Å²) in [5.41, 5.74) is 3.00. The van der Waals surface area contributed by atoms with Gasteiger partial charge < -0.3 is 14.0 Å². The molecule has 0 radical (unpaired) electrons. The Bertz CT molecular complexity index is 1030. The molecule has 0 saturated heterocycles. The van der Waals surface area contributed by atoms with E-state index in [0.29, 0.717) is 24.5 Å². The molecule has 3 rings (SSSR count). The molecule has 0 N–H and O–H groups in total. The number of pyridine rings is 1. The Morgan fingerprint density at radius 1 is 1.10 bits per heavy atom. The second kappa shape index (κ2) is 8.96. The molecule has 0 unspecified atom stereocenters. The maximum Gasteiger partial charge on any atom is 0.192 e. The molecule has 1 aromatic heterocycles. The van der Waals surface area contributed by atoms with E-state index in [1.165, 1.54) is 19.9 Å². The molecular formula is C24H29NO5. The molecule has 1 aliphatic heterocycles. The third-order valence-electron chi connectivity index (χ3n) is 5.63. The summed E-state index contributed by atoms with van der Waals surface area (Å²) in [6.45, 7) is 8.21. The quantitative estimate of drug-likeness (QED) is 0.483. The lowest BCUT2D eigenvalue weighted by molar-refractivity contribution is 0.100. The molecule has 0 spiro atoms. The van der Waals surface area contributed by atoms with Gasteiger partial charge in [-0.3, -0.25) is 14.4 Å². The van der Waals surface area contributed by atoms with Gasteiger partial charge in [-0.15, -0.1) is 0 Å². The van der Waals surface area contributed by atoms with Gasteiger partial charge in [-0.1, -0.05) is 13.8 Å². The average molecular weight is 411 g/mol. The summed E-state index contributed by atoms with van der Waals surface area (Å²) in [7, 11) is 1.64. The summed E-state index contributed by atoms with van der Waals surface area (Å²) in [5, 5.41) is 0. The average Bonchev–Trinajstić information content (AvgIpc) is 2.69. The number of fused-ring (bicyclic) bond motifs is 3. The maximum atomic E-state index is 12.6. The van der Waals surface area contributed by atoms with Gasteiger partial charge >= 0.3 is 0 Å². The number of methoxy groups -OCH3 is 1. The first-order valence-corrected chi connectivity index (χ1v) is 10.3. The number of nitrogens with zero attached hydrogens (tertiary/aromatic N) is 1. The zero-order chi connectivity index (χ0) is 22.0. The number of ether oxygens (including phenoxy) is 2. The topological polar surface area (TPSA) is 74.6 Å². The number of benzene rings is 1. The van der Waals surface area contributed by atoms with Crippen molar-refractivity contribution in [1.82, 2.24) is 4.57 Å². The van der Waals surface area contributed by atoms with Gasteiger partial charge in [0.2, 0.25) is 0 Å². The van der Waals surface area contributed by atoms with E-state index in [1.807, 2.05) is 16.7 Å². The lowest BCUT2D eigenvalue weighted by Crippen LogP contribution is -2.28. The second-order valence-electron chi connectivity index (χ2n) is 8.17. The van der Waals surface area contributed by atoms with Crippen LogP contribution in [0.15, 0.2) is 29.2 Å². The first-order chi connectivity index (χ1) is 14.2. The van der Waals surface area contributed by atoms with Gasteiger partial charge in [-0.2, -0.15) is 0 Å². The van der Waals surface area contributed by atoms with Crippen molar-refractivity contribution in [2.45, 2.75) is 46.6 Å². The van der Waals surface area contributed by atoms with E-state index >= 15 is 0 Å². The Kier molecular flexibility index (Phi) is 6.56. The van der Waals surface area contributed by atoms with Crippen LogP contribution in [-0.2, 0) is 11.2 Å². The Morgan fingerprint density at radius 2 is 1.80 bits per heavy atom. The fourth-order valence-electron chi connectivity index (χ4n) is 3.99. The Labute approximate surface area is 176 Å². The normalized spacial score (nSPS) is 14.9. The van der Waals surface area contributed by atoms with Crippen LogP contribution in [0.5, 0.6) is 5.75 Å². The van der Waals surface area contributed by atoms with Gasteiger partial charge in [0.15, 0.2) is 17.0 Å². The molecule has 2 aromatic rings. The SMILES string of the molecule is COCCCOc1cc2c(cc1C(C)=O)-c1cc(=O)c(C(C)=O)cn1[C@@H](C(C)C)C2. The van der Waals surface area contributed by atoms with Gasteiger partial charge in [0.25, 0.3) is 0 Å². The van der Waals surface area contributed by atoms with Crippen molar-refractivity contribution in [2.75, 3.05) is 20.3 Å². The summed E-state index contributed by atoms with van der Waals surface area (Å²) in [6.07, 6.45) is 3.13. The molecule has 30 heavy (non-hydrogen) atoms.